The Hall–Kier alpha value is -3.00. The Morgan fingerprint density at radius 1 is 1.22 bits per heavy atom. The monoisotopic (exact) mass is 472 g/mol. The maximum absolute atomic E-state index is 13.1. The Kier molecular flexibility index (Phi) is 6.83. The van der Waals surface area contributed by atoms with Gasteiger partial charge in [0.05, 0.1) is 24.6 Å². The van der Waals surface area contributed by atoms with Gasteiger partial charge in [-0.15, -0.1) is 0 Å². The molecule has 1 aromatic heterocycles. The average molecular weight is 473 g/mol. The molecule has 1 amide bonds. The molecule has 32 heavy (non-hydrogen) atoms. The molecule has 0 radical (unpaired) electrons. The Balaban J connectivity index is 1.85. The molecule has 0 atom stereocenters. The highest BCUT2D eigenvalue weighted by atomic mass is 32.2. The minimum absolute atomic E-state index is 0.000648. The minimum atomic E-state index is -3.50. The fourth-order valence-electron chi connectivity index (χ4n) is 3.25. The minimum Gasteiger partial charge on any atom is -0.460 e. The van der Waals surface area contributed by atoms with Crippen LogP contribution in [0.4, 0.5) is 5.69 Å². The zero-order valence-corrected chi connectivity index (χ0v) is 20.0. The van der Waals surface area contributed by atoms with Gasteiger partial charge in [0.2, 0.25) is 10.0 Å². The van der Waals surface area contributed by atoms with Gasteiger partial charge in [0.1, 0.15) is 17.2 Å². The number of carbonyl (C=O) groups excluding carboxylic acids is 1. The summed E-state index contributed by atoms with van der Waals surface area (Å²) in [5.74, 6) is 0.529. The van der Waals surface area contributed by atoms with E-state index in [-0.39, 0.29) is 25.4 Å². The van der Waals surface area contributed by atoms with Crippen molar-refractivity contribution < 1.29 is 17.6 Å². The van der Waals surface area contributed by atoms with Crippen LogP contribution in [-0.2, 0) is 21.4 Å². The molecule has 0 saturated carbocycles. The molecule has 1 fully saturated rings. The van der Waals surface area contributed by atoms with Gasteiger partial charge in [0, 0.05) is 26.1 Å². The number of nitriles is 1. The van der Waals surface area contributed by atoms with Crippen LogP contribution in [0.2, 0.25) is 0 Å². The molecule has 0 unspecified atom stereocenters. The lowest BCUT2D eigenvalue weighted by Crippen LogP contribution is -2.31. The fraction of sp³-hybridized carbons (Fsp3) is 0.318. The van der Waals surface area contributed by atoms with E-state index >= 15 is 0 Å². The molecule has 0 aliphatic carbocycles. The van der Waals surface area contributed by atoms with Gasteiger partial charge >= 0.3 is 0 Å². The van der Waals surface area contributed by atoms with Gasteiger partial charge < -0.3 is 9.32 Å². The molecule has 2 heterocycles. The maximum Gasteiger partial charge on any atom is 0.281 e. The molecular formula is C22H24N4O4S2. The number of thiocarbonyl (C=S) groups is 1. The van der Waals surface area contributed by atoms with E-state index in [1.54, 1.807) is 30.2 Å². The number of amides is 1. The summed E-state index contributed by atoms with van der Waals surface area (Å²) >= 11 is 5.50. The molecule has 2 aromatic rings. The summed E-state index contributed by atoms with van der Waals surface area (Å²) in [5, 5.41) is 9.12. The third-order valence-corrected chi connectivity index (χ3v) is 6.95. The number of likely N-dealkylation sites (N-methyl/N-ethyl adjacent to an activating group) is 1. The molecule has 10 heteroatoms. The van der Waals surface area contributed by atoms with Crippen molar-refractivity contribution in [2.24, 2.45) is 0 Å². The van der Waals surface area contributed by atoms with Crippen molar-refractivity contribution in [2.45, 2.75) is 26.8 Å². The van der Waals surface area contributed by atoms with Crippen LogP contribution in [0.3, 0.4) is 0 Å². The van der Waals surface area contributed by atoms with E-state index in [1.165, 1.54) is 9.21 Å². The Morgan fingerprint density at radius 2 is 1.94 bits per heavy atom. The summed E-state index contributed by atoms with van der Waals surface area (Å²) in [6.07, 6.45) is 2.75. The van der Waals surface area contributed by atoms with Crippen molar-refractivity contribution in [3.05, 3.63) is 58.7 Å². The first-order valence-corrected chi connectivity index (χ1v) is 12.1. The third-order valence-electron chi connectivity index (χ3n) is 5.25. The first kappa shape index (κ1) is 23.7. The number of sulfonamides is 1. The smallest absolute Gasteiger partial charge is 0.281 e. The number of anilines is 1. The van der Waals surface area contributed by atoms with Crippen molar-refractivity contribution in [3.63, 3.8) is 0 Å². The number of nitrogens with zero attached hydrogens (tertiary/aromatic N) is 4. The van der Waals surface area contributed by atoms with E-state index in [1.807, 2.05) is 38.1 Å². The summed E-state index contributed by atoms with van der Waals surface area (Å²) < 4.78 is 30.8. The van der Waals surface area contributed by atoms with Crippen molar-refractivity contribution in [3.8, 4) is 6.07 Å². The van der Waals surface area contributed by atoms with E-state index in [2.05, 4.69) is 0 Å². The normalized spacial score (nSPS) is 15.8. The topological polar surface area (TPSA) is 97.9 Å². The standard InChI is InChI=1S/C22H24N4O4S2/c1-15-6-7-17(12-16(15)2)26-21(27)20(24(3)22(26)31)13-18-8-9-19(30-18)14-25(11-5-10-23)32(4,28)29/h6-9,12-13H,5,11,14H2,1-4H3/b20-13-. The average Bonchev–Trinajstić information content (AvgIpc) is 3.25. The molecule has 0 bridgehead atoms. The number of aryl methyl sites for hydroxylation is 2. The van der Waals surface area contributed by atoms with E-state index < -0.39 is 10.0 Å². The molecule has 8 nitrogen and oxygen atoms in total. The van der Waals surface area contributed by atoms with E-state index in [4.69, 9.17) is 21.9 Å². The van der Waals surface area contributed by atoms with Crippen LogP contribution in [0, 0.1) is 25.2 Å². The Labute approximate surface area is 193 Å². The molecule has 168 valence electrons. The molecular weight excluding hydrogens is 448 g/mol. The maximum atomic E-state index is 13.1. The van der Waals surface area contributed by atoms with Gasteiger partial charge in [0.25, 0.3) is 5.91 Å². The summed E-state index contributed by atoms with van der Waals surface area (Å²) in [6.45, 7) is 4.05. The summed E-state index contributed by atoms with van der Waals surface area (Å²) in [4.78, 5) is 16.2. The molecule has 3 rings (SSSR count). The van der Waals surface area contributed by atoms with Gasteiger partial charge in [-0.05, 0) is 61.5 Å². The fourth-order valence-corrected chi connectivity index (χ4v) is 4.32. The second-order valence-electron chi connectivity index (χ2n) is 7.59. The van der Waals surface area contributed by atoms with E-state index in [0.29, 0.717) is 28.0 Å². The van der Waals surface area contributed by atoms with Crippen LogP contribution in [0.25, 0.3) is 6.08 Å². The molecule has 1 saturated heterocycles. The quantitative estimate of drug-likeness (QED) is 0.451. The number of hydrogen-bond donors (Lipinski definition) is 0. The summed E-state index contributed by atoms with van der Waals surface area (Å²) in [7, 11) is -1.78. The van der Waals surface area contributed by atoms with E-state index in [9.17, 15) is 13.2 Å². The van der Waals surface area contributed by atoms with Gasteiger partial charge in [0.15, 0.2) is 5.11 Å². The van der Waals surface area contributed by atoms with E-state index in [0.717, 1.165) is 17.4 Å². The molecule has 1 aromatic carbocycles. The lowest BCUT2D eigenvalue weighted by atomic mass is 10.1. The highest BCUT2D eigenvalue weighted by molar-refractivity contribution is 7.88. The summed E-state index contributed by atoms with van der Waals surface area (Å²) in [5.41, 5.74) is 3.22. The van der Waals surface area contributed by atoms with Crippen molar-refractivity contribution >= 4 is 45.0 Å². The lowest BCUT2D eigenvalue weighted by molar-refractivity contribution is -0.114. The van der Waals surface area contributed by atoms with Crippen LogP contribution in [0.5, 0.6) is 0 Å². The Bertz CT molecular complexity index is 1240. The van der Waals surface area contributed by atoms with Gasteiger partial charge in [-0.1, -0.05) is 6.07 Å². The highest BCUT2D eigenvalue weighted by Gasteiger charge is 2.37. The van der Waals surface area contributed by atoms with Crippen molar-refractivity contribution in [2.75, 3.05) is 24.7 Å². The number of benzene rings is 1. The van der Waals surface area contributed by atoms with Gasteiger partial charge in [-0.25, -0.2) is 8.42 Å². The number of hydrogen-bond acceptors (Lipinski definition) is 6. The van der Waals surface area contributed by atoms with Crippen molar-refractivity contribution in [1.29, 1.82) is 5.26 Å². The van der Waals surface area contributed by atoms with Crippen LogP contribution in [-0.4, -0.2) is 48.5 Å². The van der Waals surface area contributed by atoms with Gasteiger partial charge in [-0.3, -0.25) is 9.69 Å². The highest BCUT2D eigenvalue weighted by Crippen LogP contribution is 2.29. The largest absolute Gasteiger partial charge is 0.460 e. The predicted molar refractivity (Wildman–Crippen MR) is 126 cm³/mol. The third kappa shape index (κ3) is 4.91. The predicted octanol–water partition coefficient (Wildman–Crippen LogP) is 3.18. The Morgan fingerprint density at radius 3 is 2.56 bits per heavy atom. The van der Waals surface area contributed by atoms with Crippen LogP contribution < -0.4 is 4.90 Å². The zero-order valence-electron chi connectivity index (χ0n) is 18.3. The first-order valence-electron chi connectivity index (χ1n) is 9.85. The summed E-state index contributed by atoms with van der Waals surface area (Å²) in [6, 6.07) is 11.0. The van der Waals surface area contributed by atoms with Crippen LogP contribution >= 0.6 is 12.2 Å². The zero-order chi connectivity index (χ0) is 23.6. The number of furan rings is 1. The first-order chi connectivity index (χ1) is 15.0. The second-order valence-corrected chi connectivity index (χ2v) is 9.94. The van der Waals surface area contributed by atoms with Crippen LogP contribution in [0.15, 0.2) is 40.4 Å². The number of carbonyl (C=O) groups is 1. The molecule has 1 aliphatic heterocycles. The van der Waals surface area contributed by atoms with Crippen molar-refractivity contribution in [1.82, 2.24) is 9.21 Å². The number of rotatable bonds is 7. The second kappa shape index (κ2) is 9.24. The SMILES string of the molecule is Cc1ccc(N2C(=O)/C(=C/c3ccc(CN(CCC#N)S(C)(=O)=O)o3)N(C)C2=S)cc1C. The molecule has 0 spiro atoms. The molecule has 0 N–H and O–H groups in total. The van der Waals surface area contributed by atoms with Gasteiger partial charge in [-0.2, -0.15) is 9.57 Å². The molecule has 1 aliphatic rings. The lowest BCUT2D eigenvalue weighted by Gasteiger charge is -2.17. The van der Waals surface area contributed by atoms with Crippen LogP contribution in [0.1, 0.15) is 29.1 Å².